The Bertz CT molecular complexity index is 699. The minimum absolute atomic E-state index is 0.133. The molecule has 7 nitrogen and oxygen atoms in total. The Hall–Kier alpha value is -2.19. The van der Waals surface area contributed by atoms with Gasteiger partial charge in [0, 0.05) is 6.42 Å². The van der Waals surface area contributed by atoms with Crippen molar-refractivity contribution in [2.24, 2.45) is 5.73 Å². The average Bonchev–Trinajstić information content (AvgIpc) is 2.54. The van der Waals surface area contributed by atoms with Gasteiger partial charge in [0.05, 0.1) is 12.2 Å². The Morgan fingerprint density at radius 1 is 1.17 bits per heavy atom. The van der Waals surface area contributed by atoms with E-state index in [2.05, 4.69) is 5.32 Å². The third kappa shape index (κ3) is 6.51. The van der Waals surface area contributed by atoms with Gasteiger partial charge in [-0.05, 0) is 38.3 Å². The van der Waals surface area contributed by atoms with Crippen LogP contribution in [0, 0.1) is 0 Å². The van der Waals surface area contributed by atoms with Crippen molar-refractivity contribution in [1.29, 1.82) is 0 Å². The van der Waals surface area contributed by atoms with Crippen LogP contribution in [0.15, 0.2) is 41.3 Å². The highest BCUT2D eigenvalue weighted by molar-refractivity contribution is 7.90. The zero-order valence-electron chi connectivity index (χ0n) is 13.6. The minimum atomic E-state index is -4.08. The number of hydrogen-bond acceptors (Lipinski definition) is 5. The summed E-state index contributed by atoms with van der Waals surface area (Å²) in [6, 6.07) is 5.90. The average molecular weight is 353 g/mol. The molecule has 0 radical (unpaired) electrons. The third-order valence-corrected chi connectivity index (χ3v) is 4.58. The fourth-order valence-corrected chi connectivity index (χ4v) is 3.14. The van der Waals surface area contributed by atoms with E-state index in [0.29, 0.717) is 12.8 Å². The molecule has 0 saturated heterocycles. The first-order valence-corrected chi connectivity index (χ1v) is 9.14. The first-order valence-electron chi connectivity index (χ1n) is 7.66. The zero-order valence-corrected chi connectivity index (χ0v) is 14.4. The number of rotatable bonds is 9. The van der Waals surface area contributed by atoms with E-state index in [1.807, 2.05) is 23.8 Å². The first-order chi connectivity index (χ1) is 11.4. The number of carbonyl (C=O) groups is 2. The molecule has 8 heteroatoms. The van der Waals surface area contributed by atoms with Crippen LogP contribution in [0.2, 0.25) is 0 Å². The maximum atomic E-state index is 12.2. The third-order valence-electron chi connectivity index (χ3n) is 3.14. The number of unbranched alkanes of at least 4 members (excludes halogenated alkanes) is 2. The lowest BCUT2D eigenvalue weighted by Crippen LogP contribution is -2.35. The molecule has 4 N–H and O–H groups in total. The summed E-state index contributed by atoms with van der Waals surface area (Å²) < 4.78 is 26.2. The summed E-state index contributed by atoms with van der Waals surface area (Å²) in [6.07, 6.45) is 6.76. The summed E-state index contributed by atoms with van der Waals surface area (Å²) in [5.74, 6) is -1.09. The maximum Gasteiger partial charge on any atom is 0.266 e. The normalized spacial score (nSPS) is 11.4. The van der Waals surface area contributed by atoms with Crippen LogP contribution in [0.5, 0.6) is 0 Å². The first kappa shape index (κ1) is 19.9. The molecular formula is C16H23N3O4S. The number of para-hydroxylation sites is 1. The van der Waals surface area contributed by atoms with Crippen LogP contribution >= 0.6 is 0 Å². The summed E-state index contributed by atoms with van der Waals surface area (Å²) in [5, 5.41) is 2.58. The summed E-state index contributed by atoms with van der Waals surface area (Å²) in [6.45, 7) is 1.49. The van der Waals surface area contributed by atoms with Crippen molar-refractivity contribution in [3.8, 4) is 0 Å². The number of carbonyl (C=O) groups excluding carboxylic acids is 2. The standard InChI is InChI=1S/C16H23N3O4S/c1-2-3-4-5-6-11-15(20)18-13-9-7-8-10-14(13)24(22,23)19-16(21)12-17/h2-3,7-10H,4-6,11-12,17H2,1H3,(H,18,20)(H,19,21)/b3-2-. The highest BCUT2D eigenvalue weighted by atomic mass is 32.2. The maximum absolute atomic E-state index is 12.2. The molecule has 0 aliphatic rings. The van der Waals surface area contributed by atoms with Gasteiger partial charge in [-0.1, -0.05) is 24.3 Å². The fraction of sp³-hybridized carbons (Fsp3) is 0.375. The lowest BCUT2D eigenvalue weighted by atomic mass is 10.2. The van der Waals surface area contributed by atoms with Gasteiger partial charge in [0.15, 0.2) is 0 Å². The van der Waals surface area contributed by atoms with E-state index in [9.17, 15) is 18.0 Å². The summed E-state index contributed by atoms with van der Waals surface area (Å²) >= 11 is 0. The zero-order chi connectivity index (χ0) is 18.0. The number of anilines is 1. The van der Waals surface area contributed by atoms with Crippen LogP contribution in [-0.4, -0.2) is 26.8 Å². The van der Waals surface area contributed by atoms with Gasteiger partial charge in [-0.2, -0.15) is 0 Å². The molecule has 132 valence electrons. The Kier molecular flexibility index (Phi) is 8.14. The molecule has 0 spiro atoms. The Morgan fingerprint density at radius 3 is 2.54 bits per heavy atom. The SMILES string of the molecule is C/C=C\CCCCC(=O)Nc1ccccc1S(=O)(=O)NC(=O)CN. The van der Waals surface area contributed by atoms with E-state index < -0.39 is 22.5 Å². The van der Waals surface area contributed by atoms with Crippen molar-refractivity contribution < 1.29 is 18.0 Å². The van der Waals surface area contributed by atoms with Crippen LogP contribution in [0.4, 0.5) is 5.69 Å². The molecule has 0 aromatic heterocycles. The number of amides is 2. The van der Waals surface area contributed by atoms with E-state index in [4.69, 9.17) is 5.73 Å². The molecule has 0 unspecified atom stereocenters. The minimum Gasteiger partial charge on any atom is -0.325 e. The number of nitrogens with two attached hydrogens (primary N) is 1. The molecule has 24 heavy (non-hydrogen) atoms. The molecule has 0 bridgehead atoms. The monoisotopic (exact) mass is 353 g/mol. The Labute approximate surface area is 142 Å². The van der Waals surface area contributed by atoms with Crippen LogP contribution in [0.25, 0.3) is 0 Å². The number of sulfonamides is 1. The second-order valence-electron chi connectivity index (χ2n) is 5.09. The second-order valence-corrected chi connectivity index (χ2v) is 6.74. The predicted molar refractivity (Wildman–Crippen MR) is 92.7 cm³/mol. The summed E-state index contributed by atoms with van der Waals surface area (Å²) in [7, 11) is -4.08. The molecule has 0 aliphatic heterocycles. The van der Waals surface area contributed by atoms with E-state index in [0.717, 1.165) is 12.8 Å². The Morgan fingerprint density at radius 2 is 1.88 bits per heavy atom. The van der Waals surface area contributed by atoms with Crippen LogP contribution in [0.3, 0.4) is 0 Å². The van der Waals surface area contributed by atoms with Crippen molar-refractivity contribution in [2.75, 3.05) is 11.9 Å². The van der Waals surface area contributed by atoms with Gasteiger partial charge in [-0.3, -0.25) is 9.59 Å². The van der Waals surface area contributed by atoms with Crippen LogP contribution in [0.1, 0.15) is 32.6 Å². The topological polar surface area (TPSA) is 118 Å². The smallest absolute Gasteiger partial charge is 0.266 e. The van der Waals surface area contributed by atoms with Gasteiger partial charge in [0.2, 0.25) is 11.8 Å². The molecular weight excluding hydrogens is 330 g/mol. The number of nitrogens with one attached hydrogen (secondary N) is 2. The molecule has 0 fully saturated rings. The quantitative estimate of drug-likeness (QED) is 0.459. The van der Waals surface area contributed by atoms with Crippen molar-refractivity contribution in [1.82, 2.24) is 4.72 Å². The number of allylic oxidation sites excluding steroid dienone is 2. The highest BCUT2D eigenvalue weighted by Crippen LogP contribution is 2.21. The van der Waals surface area contributed by atoms with Crippen molar-refractivity contribution in [3.63, 3.8) is 0 Å². The lowest BCUT2D eigenvalue weighted by Gasteiger charge is -2.12. The van der Waals surface area contributed by atoms with Gasteiger partial charge < -0.3 is 11.1 Å². The van der Waals surface area contributed by atoms with Gasteiger partial charge >= 0.3 is 0 Å². The lowest BCUT2D eigenvalue weighted by molar-refractivity contribution is -0.118. The molecule has 1 rings (SSSR count). The Balaban J connectivity index is 2.76. The van der Waals surface area contributed by atoms with Gasteiger partial charge in [-0.25, -0.2) is 13.1 Å². The molecule has 0 aliphatic carbocycles. The molecule has 0 heterocycles. The molecule has 0 atom stereocenters. The van der Waals surface area contributed by atoms with E-state index in [1.54, 1.807) is 6.07 Å². The molecule has 1 aromatic carbocycles. The van der Waals surface area contributed by atoms with E-state index >= 15 is 0 Å². The highest BCUT2D eigenvalue weighted by Gasteiger charge is 2.21. The van der Waals surface area contributed by atoms with Crippen molar-refractivity contribution in [2.45, 2.75) is 37.5 Å². The van der Waals surface area contributed by atoms with Gasteiger partial charge in [0.25, 0.3) is 10.0 Å². The van der Waals surface area contributed by atoms with E-state index in [-0.39, 0.29) is 16.5 Å². The molecule has 0 saturated carbocycles. The number of benzene rings is 1. The van der Waals surface area contributed by atoms with Gasteiger partial charge in [0.1, 0.15) is 4.90 Å². The van der Waals surface area contributed by atoms with Crippen molar-refractivity contribution in [3.05, 3.63) is 36.4 Å². The van der Waals surface area contributed by atoms with Crippen LogP contribution in [-0.2, 0) is 19.6 Å². The summed E-state index contributed by atoms with van der Waals surface area (Å²) in [5.41, 5.74) is 5.25. The number of hydrogen-bond donors (Lipinski definition) is 3. The second kappa shape index (κ2) is 9.84. The van der Waals surface area contributed by atoms with E-state index in [1.165, 1.54) is 18.2 Å². The van der Waals surface area contributed by atoms with Crippen LogP contribution < -0.4 is 15.8 Å². The van der Waals surface area contributed by atoms with Gasteiger partial charge in [-0.15, -0.1) is 0 Å². The van der Waals surface area contributed by atoms with Crippen molar-refractivity contribution >= 4 is 27.5 Å². The molecule has 1 aromatic rings. The predicted octanol–water partition coefficient (Wildman–Crippen LogP) is 1.53. The largest absolute Gasteiger partial charge is 0.325 e. The molecule has 2 amide bonds. The fourth-order valence-electron chi connectivity index (χ4n) is 1.98. The summed E-state index contributed by atoms with van der Waals surface area (Å²) in [4.78, 5) is 23.1.